The number of aryl methyl sites for hydroxylation is 1. The van der Waals surface area contributed by atoms with Crippen molar-refractivity contribution in [1.82, 2.24) is 19.1 Å². The Balaban J connectivity index is 1.63. The molecule has 0 unspecified atom stereocenters. The van der Waals surface area contributed by atoms with Crippen molar-refractivity contribution in [2.75, 3.05) is 19.4 Å². The van der Waals surface area contributed by atoms with Gasteiger partial charge in [0.05, 0.1) is 20.8 Å². The van der Waals surface area contributed by atoms with E-state index in [1.54, 1.807) is 10.7 Å². The summed E-state index contributed by atoms with van der Waals surface area (Å²) in [5, 5.41) is 8.05. The van der Waals surface area contributed by atoms with E-state index in [1.807, 2.05) is 13.0 Å². The molecular weight excluding hydrogens is 470 g/mol. The number of rotatable bonds is 5. The van der Waals surface area contributed by atoms with Crippen molar-refractivity contribution >= 4 is 43.3 Å². The zero-order valence-corrected chi connectivity index (χ0v) is 21.6. The normalized spacial score (nSPS) is 12.4. The molecule has 8 nitrogen and oxygen atoms in total. The first-order valence-corrected chi connectivity index (χ1v) is 12.9. The van der Waals surface area contributed by atoms with Gasteiger partial charge in [0.2, 0.25) is 15.2 Å². The molecule has 0 aliphatic rings. The number of sulfonamides is 1. The molecule has 4 rings (SSSR count). The highest BCUT2D eigenvalue weighted by atomic mass is 32.2. The smallest absolute Gasteiger partial charge is 0.256 e. The van der Waals surface area contributed by atoms with Crippen molar-refractivity contribution in [3.05, 3.63) is 65.4 Å². The lowest BCUT2D eigenvalue weighted by atomic mass is 9.87. The van der Waals surface area contributed by atoms with E-state index in [4.69, 9.17) is 4.98 Å². The van der Waals surface area contributed by atoms with E-state index >= 15 is 0 Å². The Morgan fingerprint density at radius 1 is 1.06 bits per heavy atom. The van der Waals surface area contributed by atoms with E-state index in [1.165, 1.54) is 55.3 Å². The number of hydrogen-bond donors (Lipinski definition) is 1. The number of carbonyl (C=O) groups is 1. The van der Waals surface area contributed by atoms with Crippen molar-refractivity contribution in [2.24, 2.45) is 0 Å². The molecule has 2 aromatic heterocycles. The molecule has 1 amide bonds. The SMILES string of the molecule is Cc1cc(NC(=O)c2ccc(S(=O)(=O)N(C)C)cc2)n(-c2nc3ccc(C(C)(C)C)cc3s2)n1. The van der Waals surface area contributed by atoms with Crippen molar-refractivity contribution in [1.29, 1.82) is 0 Å². The van der Waals surface area contributed by atoms with Crippen LogP contribution < -0.4 is 5.32 Å². The summed E-state index contributed by atoms with van der Waals surface area (Å²) < 4.78 is 28.3. The number of carbonyl (C=O) groups excluding carboxylic acids is 1. The number of anilines is 1. The molecule has 0 aliphatic carbocycles. The summed E-state index contributed by atoms with van der Waals surface area (Å²) in [7, 11) is -0.635. The van der Waals surface area contributed by atoms with E-state index in [0.29, 0.717) is 16.5 Å². The van der Waals surface area contributed by atoms with Crippen molar-refractivity contribution in [3.8, 4) is 5.13 Å². The molecule has 2 aromatic carbocycles. The summed E-state index contributed by atoms with van der Waals surface area (Å²) >= 11 is 1.51. The van der Waals surface area contributed by atoms with Crippen LogP contribution in [-0.2, 0) is 15.4 Å². The Bertz CT molecular complexity index is 1480. The molecule has 10 heteroatoms. The van der Waals surface area contributed by atoms with Gasteiger partial charge in [-0.05, 0) is 54.3 Å². The molecule has 0 spiro atoms. The van der Waals surface area contributed by atoms with E-state index in [9.17, 15) is 13.2 Å². The zero-order chi connectivity index (χ0) is 24.8. The Hall–Kier alpha value is -3.08. The van der Waals surface area contributed by atoms with Crippen LogP contribution in [0.3, 0.4) is 0 Å². The van der Waals surface area contributed by atoms with Crippen molar-refractivity contribution in [3.63, 3.8) is 0 Å². The predicted molar refractivity (Wildman–Crippen MR) is 135 cm³/mol. The molecule has 0 aliphatic heterocycles. The summed E-state index contributed by atoms with van der Waals surface area (Å²) in [4.78, 5) is 17.7. The minimum Gasteiger partial charge on any atom is -0.306 e. The van der Waals surface area contributed by atoms with Crippen molar-refractivity contribution in [2.45, 2.75) is 38.0 Å². The van der Waals surface area contributed by atoms with Crippen LogP contribution in [0.2, 0.25) is 0 Å². The van der Waals surface area contributed by atoms with Crippen LogP contribution in [0.25, 0.3) is 15.3 Å². The maximum absolute atomic E-state index is 12.9. The minimum absolute atomic E-state index is 0.0290. The maximum atomic E-state index is 12.9. The lowest BCUT2D eigenvalue weighted by Crippen LogP contribution is -2.22. The first-order valence-electron chi connectivity index (χ1n) is 10.7. The van der Waals surface area contributed by atoms with Gasteiger partial charge < -0.3 is 5.32 Å². The molecule has 1 N–H and O–H groups in total. The highest BCUT2D eigenvalue weighted by Gasteiger charge is 2.20. The van der Waals surface area contributed by atoms with Crippen LogP contribution in [0.1, 0.15) is 42.4 Å². The zero-order valence-electron chi connectivity index (χ0n) is 19.9. The average Bonchev–Trinajstić information content (AvgIpc) is 3.35. The molecule has 2 heterocycles. The molecule has 178 valence electrons. The van der Waals surface area contributed by atoms with E-state index in [-0.39, 0.29) is 16.2 Å². The lowest BCUT2D eigenvalue weighted by molar-refractivity contribution is 0.102. The van der Waals surface area contributed by atoms with Crippen LogP contribution in [-0.4, -0.2) is 47.5 Å². The highest BCUT2D eigenvalue weighted by Crippen LogP contribution is 2.31. The van der Waals surface area contributed by atoms with Crippen LogP contribution in [0.15, 0.2) is 53.4 Å². The van der Waals surface area contributed by atoms with Gasteiger partial charge in [0, 0.05) is 25.7 Å². The second kappa shape index (κ2) is 8.61. The molecule has 0 radical (unpaired) electrons. The van der Waals surface area contributed by atoms with Gasteiger partial charge >= 0.3 is 0 Å². The number of amides is 1. The second-order valence-electron chi connectivity index (χ2n) is 9.28. The Morgan fingerprint density at radius 3 is 2.35 bits per heavy atom. The van der Waals surface area contributed by atoms with E-state index < -0.39 is 10.0 Å². The molecule has 0 bridgehead atoms. The fraction of sp³-hybridized carbons (Fsp3) is 0.292. The molecule has 4 aromatic rings. The fourth-order valence-corrected chi connectivity index (χ4v) is 5.25. The van der Waals surface area contributed by atoms with Crippen LogP contribution >= 0.6 is 11.3 Å². The van der Waals surface area contributed by atoms with E-state index in [0.717, 1.165) is 20.2 Å². The standard InChI is InChI=1S/C24H27N5O3S2/c1-15-13-21(26-22(30)16-7-10-18(11-8-16)34(31,32)28(5)6)29(27-15)23-25-19-12-9-17(24(2,3)4)14-20(19)33-23/h7-14H,1-6H3,(H,26,30). The molecule has 34 heavy (non-hydrogen) atoms. The third-order valence-electron chi connectivity index (χ3n) is 5.39. The quantitative estimate of drug-likeness (QED) is 0.435. The fourth-order valence-electron chi connectivity index (χ4n) is 3.38. The number of benzene rings is 2. The van der Waals surface area contributed by atoms with Gasteiger partial charge in [-0.15, -0.1) is 0 Å². The number of aromatic nitrogens is 3. The Morgan fingerprint density at radius 2 is 1.74 bits per heavy atom. The van der Waals surface area contributed by atoms with Crippen molar-refractivity contribution < 1.29 is 13.2 Å². The van der Waals surface area contributed by atoms with Gasteiger partial charge in [0.15, 0.2) is 0 Å². The number of thiazole rings is 1. The molecule has 0 saturated heterocycles. The molecule has 0 fully saturated rings. The number of nitrogens with zero attached hydrogens (tertiary/aromatic N) is 4. The van der Waals surface area contributed by atoms with Crippen LogP contribution in [0.5, 0.6) is 0 Å². The van der Waals surface area contributed by atoms with Gasteiger partial charge in [-0.25, -0.2) is 17.7 Å². The first kappa shape index (κ1) is 24.1. The lowest BCUT2D eigenvalue weighted by Gasteiger charge is -2.18. The number of hydrogen-bond acceptors (Lipinski definition) is 6. The summed E-state index contributed by atoms with van der Waals surface area (Å²) in [5.41, 5.74) is 3.19. The predicted octanol–water partition coefficient (Wildman–Crippen LogP) is 4.59. The summed E-state index contributed by atoms with van der Waals surface area (Å²) in [5.74, 6) is 0.119. The Labute approximate surface area is 203 Å². The Kier molecular flexibility index (Phi) is 6.09. The third kappa shape index (κ3) is 4.61. The molecule has 0 saturated carbocycles. The molecular formula is C24H27N5O3S2. The van der Waals surface area contributed by atoms with E-state index in [2.05, 4.69) is 43.3 Å². The largest absolute Gasteiger partial charge is 0.306 e. The summed E-state index contributed by atoms with van der Waals surface area (Å²) in [6.07, 6.45) is 0. The summed E-state index contributed by atoms with van der Waals surface area (Å²) in [6, 6.07) is 13.8. The second-order valence-corrected chi connectivity index (χ2v) is 12.4. The highest BCUT2D eigenvalue weighted by molar-refractivity contribution is 7.89. The van der Waals surface area contributed by atoms with Gasteiger partial charge in [-0.1, -0.05) is 38.2 Å². The number of fused-ring (bicyclic) bond motifs is 1. The van der Waals surface area contributed by atoms with Gasteiger partial charge in [-0.3, -0.25) is 4.79 Å². The van der Waals surface area contributed by atoms with Crippen LogP contribution in [0, 0.1) is 6.92 Å². The maximum Gasteiger partial charge on any atom is 0.256 e. The minimum atomic E-state index is -3.56. The first-order chi connectivity index (χ1) is 15.9. The number of nitrogens with one attached hydrogen (secondary N) is 1. The van der Waals surface area contributed by atoms with Gasteiger partial charge in [0.1, 0.15) is 5.82 Å². The van der Waals surface area contributed by atoms with Gasteiger partial charge in [0.25, 0.3) is 5.91 Å². The monoisotopic (exact) mass is 497 g/mol. The summed E-state index contributed by atoms with van der Waals surface area (Å²) in [6.45, 7) is 8.35. The third-order valence-corrected chi connectivity index (χ3v) is 8.22. The average molecular weight is 498 g/mol. The molecule has 0 atom stereocenters. The van der Waals surface area contributed by atoms with Gasteiger partial charge in [-0.2, -0.15) is 9.78 Å². The topological polar surface area (TPSA) is 97.2 Å². The van der Waals surface area contributed by atoms with Crippen LogP contribution in [0.4, 0.5) is 5.82 Å².